The number of nitrogens with zero attached hydrogens (tertiary/aromatic N) is 2. The van der Waals surface area contributed by atoms with Gasteiger partial charge >= 0.3 is 0 Å². The molecule has 1 aliphatic heterocycles. The monoisotopic (exact) mass is 276 g/mol. The van der Waals surface area contributed by atoms with Gasteiger partial charge in [0.1, 0.15) is 0 Å². The van der Waals surface area contributed by atoms with Crippen LogP contribution in [0.25, 0.3) is 0 Å². The molecule has 2 rings (SSSR count). The molecule has 20 heavy (non-hydrogen) atoms. The van der Waals surface area contributed by atoms with E-state index < -0.39 is 6.10 Å². The molecular formula is C17H28N2O. The van der Waals surface area contributed by atoms with E-state index in [2.05, 4.69) is 62.0 Å². The molecule has 2 atom stereocenters. The zero-order valence-corrected chi connectivity index (χ0v) is 13.2. The Morgan fingerprint density at radius 1 is 1.05 bits per heavy atom. The first-order valence-corrected chi connectivity index (χ1v) is 7.65. The van der Waals surface area contributed by atoms with Crippen LogP contribution in [0.5, 0.6) is 0 Å². The molecule has 0 aliphatic carbocycles. The smallest absolute Gasteiger partial charge is 0.0957 e. The largest absolute Gasteiger partial charge is 0.387 e. The Morgan fingerprint density at radius 2 is 1.65 bits per heavy atom. The molecule has 1 aromatic carbocycles. The van der Waals surface area contributed by atoms with E-state index in [1.54, 1.807) is 0 Å². The predicted octanol–water partition coefficient (Wildman–Crippen LogP) is 2.48. The number of aliphatic hydroxyl groups excluding tert-OH is 1. The number of aliphatic hydroxyl groups is 1. The van der Waals surface area contributed by atoms with Crippen LogP contribution in [0.15, 0.2) is 24.3 Å². The van der Waals surface area contributed by atoms with E-state index in [9.17, 15) is 5.11 Å². The van der Waals surface area contributed by atoms with Crippen LogP contribution in [0, 0.1) is 0 Å². The van der Waals surface area contributed by atoms with Crippen molar-refractivity contribution < 1.29 is 5.11 Å². The first-order valence-electron chi connectivity index (χ1n) is 7.65. The Labute approximate surface area is 123 Å². The van der Waals surface area contributed by atoms with Gasteiger partial charge in [0.2, 0.25) is 0 Å². The molecule has 1 saturated heterocycles. The topological polar surface area (TPSA) is 26.7 Å². The van der Waals surface area contributed by atoms with Gasteiger partial charge in [0.15, 0.2) is 0 Å². The molecule has 1 aliphatic rings. The van der Waals surface area contributed by atoms with Gasteiger partial charge in [-0.3, -0.25) is 4.90 Å². The predicted molar refractivity (Wildman–Crippen MR) is 84.0 cm³/mol. The van der Waals surface area contributed by atoms with Crippen molar-refractivity contribution in [3.8, 4) is 0 Å². The van der Waals surface area contributed by atoms with E-state index in [-0.39, 0.29) is 6.04 Å². The van der Waals surface area contributed by atoms with Crippen LogP contribution < -0.4 is 0 Å². The molecular weight excluding hydrogens is 248 g/mol. The highest BCUT2D eigenvalue weighted by atomic mass is 16.3. The van der Waals surface area contributed by atoms with E-state index in [0.29, 0.717) is 5.92 Å². The molecule has 3 nitrogen and oxygen atoms in total. The summed E-state index contributed by atoms with van der Waals surface area (Å²) in [5.74, 6) is 0.535. The molecule has 1 heterocycles. The summed E-state index contributed by atoms with van der Waals surface area (Å²) < 4.78 is 0. The van der Waals surface area contributed by atoms with Crippen LogP contribution in [0.4, 0.5) is 0 Å². The second-order valence-corrected chi connectivity index (χ2v) is 6.43. The number of hydrogen-bond donors (Lipinski definition) is 1. The van der Waals surface area contributed by atoms with E-state index in [0.717, 1.165) is 25.2 Å². The third kappa shape index (κ3) is 3.60. The Hall–Kier alpha value is -0.900. The molecule has 0 spiro atoms. The van der Waals surface area contributed by atoms with Crippen LogP contribution >= 0.6 is 0 Å². The van der Waals surface area contributed by atoms with Gasteiger partial charge in [-0.2, -0.15) is 0 Å². The minimum atomic E-state index is -0.415. The Bertz CT molecular complexity index is 416. The summed E-state index contributed by atoms with van der Waals surface area (Å²) >= 11 is 0. The van der Waals surface area contributed by atoms with Crippen molar-refractivity contribution in [2.45, 2.75) is 38.3 Å². The van der Waals surface area contributed by atoms with Gasteiger partial charge in [-0.1, -0.05) is 38.1 Å². The fourth-order valence-electron chi connectivity index (χ4n) is 2.95. The third-order valence-corrected chi connectivity index (χ3v) is 4.42. The zero-order valence-electron chi connectivity index (χ0n) is 13.2. The summed E-state index contributed by atoms with van der Waals surface area (Å²) in [4.78, 5) is 4.62. The SMILES string of the molecule is CC(C)c1ccc(C(O)C2CN(C)CCCN2C)cc1. The highest BCUT2D eigenvalue weighted by Gasteiger charge is 2.28. The van der Waals surface area contributed by atoms with Gasteiger partial charge < -0.3 is 10.0 Å². The zero-order chi connectivity index (χ0) is 14.7. The van der Waals surface area contributed by atoms with Gasteiger partial charge in [-0.25, -0.2) is 0 Å². The average molecular weight is 276 g/mol. The lowest BCUT2D eigenvalue weighted by Crippen LogP contribution is -2.42. The summed E-state index contributed by atoms with van der Waals surface area (Å²) in [5.41, 5.74) is 2.36. The van der Waals surface area contributed by atoms with Crippen LogP contribution in [0.3, 0.4) is 0 Å². The van der Waals surface area contributed by atoms with Crippen molar-refractivity contribution >= 4 is 0 Å². The van der Waals surface area contributed by atoms with Crippen LogP contribution in [0.1, 0.15) is 43.4 Å². The third-order valence-electron chi connectivity index (χ3n) is 4.42. The number of hydrogen-bond acceptors (Lipinski definition) is 3. The lowest BCUT2D eigenvalue weighted by molar-refractivity contribution is 0.0572. The first-order chi connectivity index (χ1) is 9.49. The Kier molecular flexibility index (Phi) is 5.19. The molecule has 1 aromatic rings. The molecule has 2 unspecified atom stereocenters. The molecule has 0 saturated carbocycles. The molecule has 1 N–H and O–H groups in total. The fourth-order valence-corrected chi connectivity index (χ4v) is 2.95. The van der Waals surface area contributed by atoms with Gasteiger partial charge in [-0.15, -0.1) is 0 Å². The fraction of sp³-hybridized carbons (Fsp3) is 0.647. The van der Waals surface area contributed by atoms with Crippen molar-refractivity contribution in [1.29, 1.82) is 0 Å². The molecule has 0 aromatic heterocycles. The second kappa shape index (κ2) is 6.70. The molecule has 112 valence electrons. The Morgan fingerprint density at radius 3 is 2.25 bits per heavy atom. The number of benzene rings is 1. The number of likely N-dealkylation sites (N-methyl/N-ethyl adjacent to an activating group) is 2. The summed E-state index contributed by atoms with van der Waals surface area (Å²) in [6.45, 7) is 7.47. The van der Waals surface area contributed by atoms with Crippen molar-refractivity contribution in [3.05, 3.63) is 35.4 Å². The highest BCUT2D eigenvalue weighted by Crippen LogP contribution is 2.24. The van der Waals surface area contributed by atoms with E-state index in [1.807, 2.05) is 0 Å². The second-order valence-electron chi connectivity index (χ2n) is 6.43. The standard InChI is InChI=1S/C17H28N2O/c1-13(2)14-6-8-15(9-7-14)17(20)16-12-18(3)10-5-11-19(16)4/h6-9,13,16-17,20H,5,10-12H2,1-4H3. The summed E-state index contributed by atoms with van der Waals surface area (Å²) in [6, 6.07) is 8.62. The van der Waals surface area contributed by atoms with Crippen molar-refractivity contribution in [1.82, 2.24) is 9.80 Å². The van der Waals surface area contributed by atoms with Crippen molar-refractivity contribution in [2.75, 3.05) is 33.7 Å². The quantitative estimate of drug-likeness (QED) is 0.919. The number of rotatable bonds is 3. The lowest BCUT2D eigenvalue weighted by atomic mass is 9.96. The first kappa shape index (κ1) is 15.5. The minimum Gasteiger partial charge on any atom is -0.387 e. The maximum absolute atomic E-state index is 10.7. The van der Waals surface area contributed by atoms with E-state index in [1.165, 1.54) is 12.0 Å². The van der Waals surface area contributed by atoms with E-state index >= 15 is 0 Å². The van der Waals surface area contributed by atoms with Crippen LogP contribution in [0.2, 0.25) is 0 Å². The average Bonchev–Trinajstić information content (AvgIpc) is 2.59. The molecule has 3 heteroatoms. The van der Waals surface area contributed by atoms with E-state index in [4.69, 9.17) is 0 Å². The molecule has 0 amide bonds. The lowest BCUT2D eigenvalue weighted by Gasteiger charge is -2.31. The van der Waals surface area contributed by atoms with Gasteiger partial charge in [-0.05, 0) is 50.7 Å². The van der Waals surface area contributed by atoms with Gasteiger partial charge in [0.05, 0.1) is 12.1 Å². The molecule has 0 radical (unpaired) electrons. The van der Waals surface area contributed by atoms with Crippen LogP contribution in [-0.4, -0.2) is 54.7 Å². The van der Waals surface area contributed by atoms with Crippen molar-refractivity contribution in [3.63, 3.8) is 0 Å². The normalized spacial score (nSPS) is 23.8. The van der Waals surface area contributed by atoms with Gasteiger partial charge in [0, 0.05) is 6.54 Å². The summed E-state index contributed by atoms with van der Waals surface area (Å²) in [5, 5.41) is 10.7. The Balaban J connectivity index is 2.13. The van der Waals surface area contributed by atoms with Gasteiger partial charge in [0.25, 0.3) is 0 Å². The van der Waals surface area contributed by atoms with Crippen LogP contribution in [-0.2, 0) is 0 Å². The summed E-state index contributed by atoms with van der Waals surface area (Å²) in [7, 11) is 4.26. The van der Waals surface area contributed by atoms with Crippen molar-refractivity contribution in [2.24, 2.45) is 0 Å². The summed E-state index contributed by atoms with van der Waals surface area (Å²) in [6.07, 6.45) is 0.754. The molecule has 0 bridgehead atoms. The molecule has 1 fully saturated rings. The maximum atomic E-state index is 10.7. The highest BCUT2D eigenvalue weighted by molar-refractivity contribution is 5.27. The minimum absolute atomic E-state index is 0.174. The maximum Gasteiger partial charge on any atom is 0.0957 e.